The lowest BCUT2D eigenvalue weighted by Crippen LogP contribution is -2.40. The van der Waals surface area contributed by atoms with E-state index in [1.54, 1.807) is 18.2 Å². The second-order valence-electron chi connectivity index (χ2n) is 5.12. The lowest BCUT2D eigenvalue weighted by molar-refractivity contribution is -0.00689. The van der Waals surface area contributed by atoms with Crippen LogP contribution in [0.4, 0.5) is 0 Å². The molecule has 0 atom stereocenters. The number of carbonyl (C=O) groups is 1. The van der Waals surface area contributed by atoms with Gasteiger partial charge in [0.2, 0.25) is 0 Å². The number of halogens is 2. The van der Waals surface area contributed by atoms with E-state index >= 15 is 0 Å². The van der Waals surface area contributed by atoms with Crippen molar-refractivity contribution >= 4 is 29.0 Å². The minimum atomic E-state index is 0.0447. The van der Waals surface area contributed by atoms with Crippen molar-refractivity contribution in [3.63, 3.8) is 0 Å². The number of aliphatic hydroxyl groups is 1. The van der Waals surface area contributed by atoms with E-state index in [0.29, 0.717) is 28.8 Å². The molecule has 0 unspecified atom stereocenters. The third-order valence-electron chi connectivity index (χ3n) is 3.59. The molecule has 1 aliphatic rings. The first kappa shape index (κ1) is 16.7. The predicted octanol–water partition coefficient (Wildman–Crippen LogP) is 2.65. The van der Waals surface area contributed by atoms with Gasteiger partial charge in [0.15, 0.2) is 5.78 Å². The van der Waals surface area contributed by atoms with Gasteiger partial charge in [0.25, 0.3) is 0 Å². The second kappa shape index (κ2) is 8.11. The fraction of sp³-hybridized carbons (Fsp3) is 0.533. The van der Waals surface area contributed by atoms with Crippen molar-refractivity contribution in [1.82, 2.24) is 4.90 Å². The number of likely N-dealkylation sites (tertiary alicyclic amines) is 1. The van der Waals surface area contributed by atoms with Gasteiger partial charge in [0.05, 0.1) is 35.9 Å². The molecule has 0 saturated carbocycles. The van der Waals surface area contributed by atoms with E-state index < -0.39 is 0 Å². The monoisotopic (exact) mass is 331 g/mol. The van der Waals surface area contributed by atoms with Crippen molar-refractivity contribution < 1.29 is 14.6 Å². The van der Waals surface area contributed by atoms with Crippen LogP contribution in [0.25, 0.3) is 0 Å². The Morgan fingerprint density at radius 1 is 1.29 bits per heavy atom. The number of hydrogen-bond acceptors (Lipinski definition) is 4. The summed E-state index contributed by atoms with van der Waals surface area (Å²) in [6, 6.07) is 4.96. The summed E-state index contributed by atoms with van der Waals surface area (Å²) in [6.45, 7) is 2.46. The van der Waals surface area contributed by atoms with Gasteiger partial charge in [-0.05, 0) is 31.0 Å². The number of hydrogen-bond donors (Lipinski definition) is 1. The number of ketones is 1. The Bertz CT molecular complexity index is 488. The van der Waals surface area contributed by atoms with Crippen LogP contribution in [-0.4, -0.2) is 54.7 Å². The minimum absolute atomic E-state index is 0.0447. The van der Waals surface area contributed by atoms with E-state index in [1.165, 1.54) is 0 Å². The van der Waals surface area contributed by atoms with Gasteiger partial charge in [-0.1, -0.05) is 23.2 Å². The van der Waals surface area contributed by atoms with Crippen LogP contribution in [0.1, 0.15) is 23.2 Å². The number of Topliss-reactive ketones (excluding diaryl/α,β-unsaturated/α-hetero) is 1. The molecule has 116 valence electrons. The topological polar surface area (TPSA) is 49.8 Å². The third-order valence-corrected chi connectivity index (χ3v) is 4.33. The number of carbonyl (C=O) groups excluding carboxylic acids is 1. The largest absolute Gasteiger partial charge is 0.394 e. The summed E-state index contributed by atoms with van der Waals surface area (Å²) < 4.78 is 5.51. The summed E-state index contributed by atoms with van der Waals surface area (Å²) in [4.78, 5) is 14.3. The first-order valence-electron chi connectivity index (χ1n) is 7.03. The first-order valence-corrected chi connectivity index (χ1v) is 7.79. The maximum absolute atomic E-state index is 12.2. The second-order valence-corrected chi connectivity index (χ2v) is 5.94. The van der Waals surface area contributed by atoms with E-state index in [9.17, 15) is 4.79 Å². The van der Waals surface area contributed by atoms with Crippen LogP contribution >= 0.6 is 23.2 Å². The van der Waals surface area contributed by atoms with Crippen LogP contribution in [0.15, 0.2) is 18.2 Å². The Balaban J connectivity index is 1.82. The Morgan fingerprint density at radius 2 is 2.00 bits per heavy atom. The number of rotatable bonds is 6. The third kappa shape index (κ3) is 4.94. The highest BCUT2D eigenvalue weighted by Crippen LogP contribution is 2.23. The Labute approximate surface area is 134 Å². The number of ether oxygens (including phenoxy) is 1. The molecule has 1 N–H and O–H groups in total. The van der Waals surface area contributed by atoms with Gasteiger partial charge in [0, 0.05) is 18.7 Å². The lowest BCUT2D eigenvalue weighted by Gasteiger charge is -2.31. The highest BCUT2D eigenvalue weighted by molar-refractivity contribution is 6.42. The van der Waals surface area contributed by atoms with E-state index in [-0.39, 0.29) is 18.5 Å². The Hall–Kier alpha value is -0.650. The molecule has 1 aromatic carbocycles. The average Bonchev–Trinajstić information content (AvgIpc) is 2.49. The summed E-state index contributed by atoms with van der Waals surface area (Å²) in [7, 11) is 0. The van der Waals surface area contributed by atoms with Crippen LogP contribution < -0.4 is 0 Å². The van der Waals surface area contributed by atoms with Gasteiger partial charge in [-0.2, -0.15) is 0 Å². The van der Waals surface area contributed by atoms with Gasteiger partial charge >= 0.3 is 0 Å². The zero-order chi connectivity index (χ0) is 15.2. The average molecular weight is 332 g/mol. The lowest BCUT2D eigenvalue weighted by atomic mass is 10.1. The van der Waals surface area contributed by atoms with Gasteiger partial charge in [0.1, 0.15) is 0 Å². The minimum Gasteiger partial charge on any atom is -0.394 e. The van der Waals surface area contributed by atoms with Gasteiger partial charge in [-0.25, -0.2) is 0 Å². The summed E-state index contributed by atoms with van der Waals surface area (Å²) in [6.07, 6.45) is 1.96. The molecule has 4 nitrogen and oxygen atoms in total. The van der Waals surface area contributed by atoms with Gasteiger partial charge < -0.3 is 9.84 Å². The Kier molecular flexibility index (Phi) is 6.45. The molecule has 6 heteroatoms. The van der Waals surface area contributed by atoms with E-state index in [2.05, 4.69) is 4.90 Å². The molecule has 0 spiro atoms. The van der Waals surface area contributed by atoms with Crippen LogP contribution in [0.5, 0.6) is 0 Å². The van der Waals surface area contributed by atoms with Crippen LogP contribution in [0.2, 0.25) is 10.0 Å². The molecule has 1 aliphatic heterocycles. The summed E-state index contributed by atoms with van der Waals surface area (Å²) >= 11 is 11.8. The van der Waals surface area contributed by atoms with Crippen molar-refractivity contribution in [2.75, 3.05) is 32.8 Å². The Morgan fingerprint density at radius 3 is 2.62 bits per heavy atom. The van der Waals surface area contributed by atoms with Crippen molar-refractivity contribution in [1.29, 1.82) is 0 Å². The molecule has 0 radical (unpaired) electrons. The fourth-order valence-corrected chi connectivity index (χ4v) is 2.72. The maximum atomic E-state index is 12.2. The molecule has 0 aliphatic carbocycles. The van der Waals surface area contributed by atoms with Crippen molar-refractivity contribution in [2.24, 2.45) is 0 Å². The van der Waals surface area contributed by atoms with Crippen LogP contribution in [0, 0.1) is 0 Å². The highest BCUT2D eigenvalue weighted by atomic mass is 35.5. The van der Waals surface area contributed by atoms with Gasteiger partial charge in [-0.15, -0.1) is 0 Å². The molecule has 0 amide bonds. The summed E-state index contributed by atoms with van der Waals surface area (Å²) in [5, 5.41) is 9.59. The highest BCUT2D eigenvalue weighted by Gasteiger charge is 2.21. The molecule has 1 fully saturated rings. The van der Waals surface area contributed by atoms with E-state index in [1.807, 2.05) is 0 Å². The zero-order valence-corrected chi connectivity index (χ0v) is 13.2. The molecule has 1 heterocycles. The SMILES string of the molecule is O=C(CN1CCC(OCCO)CC1)c1ccc(Cl)c(Cl)c1. The predicted molar refractivity (Wildman–Crippen MR) is 83.3 cm³/mol. The molecule has 1 aromatic rings. The molecule has 0 aromatic heterocycles. The normalized spacial score (nSPS) is 17.1. The smallest absolute Gasteiger partial charge is 0.176 e. The quantitative estimate of drug-likeness (QED) is 0.814. The number of benzene rings is 1. The maximum Gasteiger partial charge on any atom is 0.176 e. The molecule has 1 saturated heterocycles. The van der Waals surface area contributed by atoms with Crippen LogP contribution in [0.3, 0.4) is 0 Å². The fourth-order valence-electron chi connectivity index (χ4n) is 2.42. The number of aliphatic hydroxyl groups excluding tert-OH is 1. The van der Waals surface area contributed by atoms with Crippen molar-refractivity contribution in [3.8, 4) is 0 Å². The van der Waals surface area contributed by atoms with E-state index in [4.69, 9.17) is 33.0 Å². The number of nitrogens with zero attached hydrogens (tertiary/aromatic N) is 1. The van der Waals surface area contributed by atoms with Crippen molar-refractivity contribution in [3.05, 3.63) is 33.8 Å². The van der Waals surface area contributed by atoms with Crippen LogP contribution in [-0.2, 0) is 4.74 Å². The standard InChI is InChI=1S/C15H19Cl2NO3/c16-13-2-1-11(9-14(13)17)15(20)10-18-5-3-12(4-6-18)21-8-7-19/h1-2,9,12,19H,3-8,10H2. The molecule has 2 rings (SSSR count). The summed E-state index contributed by atoms with van der Waals surface area (Å²) in [5.41, 5.74) is 0.586. The molecule has 21 heavy (non-hydrogen) atoms. The summed E-state index contributed by atoms with van der Waals surface area (Å²) in [5.74, 6) is 0.0447. The molecule has 0 bridgehead atoms. The zero-order valence-electron chi connectivity index (χ0n) is 11.7. The van der Waals surface area contributed by atoms with E-state index in [0.717, 1.165) is 25.9 Å². The molecular weight excluding hydrogens is 313 g/mol. The first-order chi connectivity index (χ1) is 10.1. The van der Waals surface area contributed by atoms with Crippen molar-refractivity contribution in [2.45, 2.75) is 18.9 Å². The molecular formula is C15H19Cl2NO3. The van der Waals surface area contributed by atoms with Gasteiger partial charge in [-0.3, -0.25) is 9.69 Å². The number of piperidine rings is 1.